The Morgan fingerprint density at radius 2 is 2.29 bits per heavy atom. The minimum Gasteiger partial charge on any atom is -0.506 e. The van der Waals surface area contributed by atoms with Gasteiger partial charge in [0.05, 0.1) is 5.02 Å². The average Bonchev–Trinajstić information content (AvgIpc) is 2.18. The summed E-state index contributed by atoms with van der Waals surface area (Å²) in [5.74, 6) is 0.507. The predicted octanol–water partition coefficient (Wildman–Crippen LogP) is 2.16. The minimum absolute atomic E-state index is 0.0544. The Morgan fingerprint density at radius 1 is 1.57 bits per heavy atom. The first-order chi connectivity index (χ1) is 6.65. The number of benzene rings is 1. The van der Waals surface area contributed by atoms with Crippen LogP contribution >= 0.6 is 11.6 Å². The maximum absolute atomic E-state index is 9.19. The molecule has 1 aromatic carbocycles. The first kappa shape index (κ1) is 10.9. The molecule has 0 heterocycles. The SMILES string of the molecule is CCCN=C(N)c1ccc(O)c(Cl)c1. The van der Waals surface area contributed by atoms with Crippen LogP contribution in [0.1, 0.15) is 18.9 Å². The van der Waals surface area contributed by atoms with Crippen LogP contribution in [0.3, 0.4) is 0 Å². The van der Waals surface area contributed by atoms with Crippen molar-refractivity contribution < 1.29 is 5.11 Å². The summed E-state index contributed by atoms with van der Waals surface area (Å²) in [6.07, 6.45) is 0.951. The van der Waals surface area contributed by atoms with Crippen LogP contribution in [0.4, 0.5) is 0 Å². The van der Waals surface area contributed by atoms with Crippen LogP contribution in [0, 0.1) is 0 Å². The molecular weight excluding hydrogens is 200 g/mol. The molecule has 0 saturated carbocycles. The van der Waals surface area contributed by atoms with E-state index >= 15 is 0 Å². The molecule has 3 N–H and O–H groups in total. The van der Waals surface area contributed by atoms with Crippen LogP contribution in [0.5, 0.6) is 5.75 Å². The van der Waals surface area contributed by atoms with Crippen LogP contribution in [0.15, 0.2) is 23.2 Å². The summed E-state index contributed by atoms with van der Waals surface area (Å²) in [7, 11) is 0. The predicted molar refractivity (Wildman–Crippen MR) is 59.0 cm³/mol. The van der Waals surface area contributed by atoms with Gasteiger partial charge in [-0.15, -0.1) is 0 Å². The molecule has 76 valence electrons. The Hall–Kier alpha value is -1.22. The fourth-order valence-corrected chi connectivity index (χ4v) is 1.17. The van der Waals surface area contributed by atoms with Gasteiger partial charge in [-0.1, -0.05) is 18.5 Å². The Balaban J connectivity index is 2.91. The van der Waals surface area contributed by atoms with Gasteiger partial charge in [0.2, 0.25) is 0 Å². The van der Waals surface area contributed by atoms with E-state index in [1.54, 1.807) is 12.1 Å². The number of nitrogens with two attached hydrogens (primary N) is 1. The second-order valence-electron chi connectivity index (χ2n) is 2.93. The zero-order chi connectivity index (χ0) is 10.6. The van der Waals surface area contributed by atoms with Crippen molar-refractivity contribution in [3.8, 4) is 5.75 Å². The molecule has 0 aliphatic carbocycles. The molecule has 14 heavy (non-hydrogen) atoms. The molecule has 0 saturated heterocycles. The van der Waals surface area contributed by atoms with E-state index in [0.29, 0.717) is 12.4 Å². The number of halogens is 1. The van der Waals surface area contributed by atoms with Crippen molar-refractivity contribution in [3.05, 3.63) is 28.8 Å². The fraction of sp³-hybridized carbons (Fsp3) is 0.300. The zero-order valence-electron chi connectivity index (χ0n) is 8.00. The van der Waals surface area contributed by atoms with Crippen molar-refractivity contribution in [1.29, 1.82) is 0 Å². The topological polar surface area (TPSA) is 58.6 Å². The Morgan fingerprint density at radius 3 is 2.86 bits per heavy atom. The smallest absolute Gasteiger partial charge is 0.134 e. The zero-order valence-corrected chi connectivity index (χ0v) is 8.75. The number of amidine groups is 1. The molecule has 3 nitrogen and oxygen atoms in total. The summed E-state index contributed by atoms with van der Waals surface area (Å²) in [5.41, 5.74) is 6.45. The van der Waals surface area contributed by atoms with E-state index in [0.717, 1.165) is 12.0 Å². The van der Waals surface area contributed by atoms with E-state index in [9.17, 15) is 5.11 Å². The lowest BCUT2D eigenvalue weighted by Crippen LogP contribution is -2.13. The molecule has 0 radical (unpaired) electrons. The summed E-state index contributed by atoms with van der Waals surface area (Å²) >= 11 is 5.73. The molecular formula is C10H13ClN2O. The Labute approximate surface area is 88.2 Å². The molecule has 0 aliphatic heterocycles. The van der Waals surface area contributed by atoms with Crippen LogP contribution in [0.2, 0.25) is 5.02 Å². The number of phenolic OH excluding ortho intramolecular Hbond substituents is 1. The third kappa shape index (κ3) is 2.64. The van der Waals surface area contributed by atoms with Gasteiger partial charge in [-0.25, -0.2) is 0 Å². The molecule has 1 aromatic rings. The molecule has 0 spiro atoms. The molecule has 0 aliphatic rings. The molecule has 0 unspecified atom stereocenters. The van der Waals surface area contributed by atoms with Gasteiger partial charge in [-0.05, 0) is 24.6 Å². The second kappa shape index (κ2) is 4.86. The summed E-state index contributed by atoms with van der Waals surface area (Å²) in [6, 6.07) is 4.80. The lowest BCUT2D eigenvalue weighted by molar-refractivity contribution is 0.475. The summed E-state index contributed by atoms with van der Waals surface area (Å²) < 4.78 is 0. The van der Waals surface area contributed by atoms with Gasteiger partial charge in [0, 0.05) is 12.1 Å². The number of aromatic hydroxyl groups is 1. The van der Waals surface area contributed by atoms with Crippen molar-refractivity contribution in [2.45, 2.75) is 13.3 Å². The van der Waals surface area contributed by atoms with Crippen LogP contribution in [-0.2, 0) is 0 Å². The number of phenols is 1. The molecule has 1 rings (SSSR count). The molecule has 0 fully saturated rings. The maximum atomic E-state index is 9.19. The molecule has 0 aromatic heterocycles. The first-order valence-electron chi connectivity index (χ1n) is 4.44. The van der Waals surface area contributed by atoms with Crippen LogP contribution in [0.25, 0.3) is 0 Å². The van der Waals surface area contributed by atoms with Crippen molar-refractivity contribution >= 4 is 17.4 Å². The van der Waals surface area contributed by atoms with E-state index in [1.807, 2.05) is 6.92 Å². The molecule has 0 bridgehead atoms. The monoisotopic (exact) mass is 212 g/mol. The Bertz CT molecular complexity index is 350. The highest BCUT2D eigenvalue weighted by atomic mass is 35.5. The van der Waals surface area contributed by atoms with Crippen molar-refractivity contribution in [3.63, 3.8) is 0 Å². The van der Waals surface area contributed by atoms with Crippen molar-refractivity contribution in [1.82, 2.24) is 0 Å². The standard InChI is InChI=1S/C10H13ClN2O/c1-2-5-13-10(12)7-3-4-9(14)8(11)6-7/h3-4,6,14H,2,5H2,1H3,(H2,12,13). The van der Waals surface area contributed by atoms with E-state index in [-0.39, 0.29) is 10.8 Å². The van der Waals surface area contributed by atoms with E-state index < -0.39 is 0 Å². The van der Waals surface area contributed by atoms with Gasteiger partial charge in [0.25, 0.3) is 0 Å². The molecule has 0 atom stereocenters. The van der Waals surface area contributed by atoms with Gasteiger partial charge in [-0.2, -0.15) is 0 Å². The lowest BCUT2D eigenvalue weighted by Gasteiger charge is -2.02. The largest absolute Gasteiger partial charge is 0.506 e. The highest BCUT2D eigenvalue weighted by Crippen LogP contribution is 2.23. The highest BCUT2D eigenvalue weighted by molar-refractivity contribution is 6.32. The second-order valence-corrected chi connectivity index (χ2v) is 3.34. The maximum Gasteiger partial charge on any atom is 0.134 e. The quantitative estimate of drug-likeness (QED) is 0.596. The number of rotatable bonds is 3. The summed E-state index contributed by atoms with van der Waals surface area (Å²) in [6.45, 7) is 2.73. The van der Waals surface area contributed by atoms with Crippen LogP contribution in [-0.4, -0.2) is 17.5 Å². The van der Waals surface area contributed by atoms with E-state index in [4.69, 9.17) is 17.3 Å². The van der Waals surface area contributed by atoms with Gasteiger partial charge in [-0.3, -0.25) is 4.99 Å². The van der Waals surface area contributed by atoms with E-state index in [1.165, 1.54) is 6.07 Å². The highest BCUT2D eigenvalue weighted by Gasteiger charge is 2.02. The fourth-order valence-electron chi connectivity index (χ4n) is 0.990. The van der Waals surface area contributed by atoms with Gasteiger partial charge in [0.1, 0.15) is 11.6 Å². The van der Waals surface area contributed by atoms with Crippen molar-refractivity contribution in [2.24, 2.45) is 10.7 Å². The molecule has 4 heteroatoms. The van der Waals surface area contributed by atoms with Gasteiger partial charge >= 0.3 is 0 Å². The summed E-state index contributed by atoms with van der Waals surface area (Å²) in [5, 5.41) is 9.48. The first-order valence-corrected chi connectivity index (χ1v) is 4.81. The van der Waals surface area contributed by atoms with Crippen LogP contribution < -0.4 is 5.73 Å². The normalized spacial score (nSPS) is 11.7. The summed E-state index contributed by atoms with van der Waals surface area (Å²) in [4.78, 5) is 4.14. The minimum atomic E-state index is 0.0544. The number of hydrogen-bond acceptors (Lipinski definition) is 2. The van der Waals surface area contributed by atoms with Gasteiger partial charge in [0.15, 0.2) is 0 Å². The van der Waals surface area contributed by atoms with Crippen molar-refractivity contribution in [2.75, 3.05) is 6.54 Å². The Kier molecular flexibility index (Phi) is 3.77. The average molecular weight is 213 g/mol. The van der Waals surface area contributed by atoms with Gasteiger partial charge < -0.3 is 10.8 Å². The number of aliphatic imine (C=N–C) groups is 1. The number of nitrogens with zero attached hydrogens (tertiary/aromatic N) is 1. The number of hydrogen-bond donors (Lipinski definition) is 2. The third-order valence-corrected chi connectivity index (χ3v) is 2.05. The lowest BCUT2D eigenvalue weighted by atomic mass is 10.2. The molecule has 0 amide bonds. The third-order valence-electron chi connectivity index (χ3n) is 1.75. The van der Waals surface area contributed by atoms with E-state index in [2.05, 4.69) is 4.99 Å².